The zero-order chi connectivity index (χ0) is 8.27. The van der Waals surface area contributed by atoms with Crippen molar-refractivity contribution in [3.05, 3.63) is 0 Å². The molecule has 0 radical (unpaired) electrons. The van der Waals surface area contributed by atoms with Crippen molar-refractivity contribution in [3.8, 4) is 0 Å². The van der Waals surface area contributed by atoms with Crippen LogP contribution in [0, 0.1) is 5.92 Å². The number of aldehydes is 1. The van der Waals surface area contributed by atoms with Gasteiger partial charge in [0.2, 0.25) is 0 Å². The number of rotatable bonds is 2. The maximum Gasteiger partial charge on any atom is 0.455 e. The van der Waals surface area contributed by atoms with Gasteiger partial charge >= 0.3 is 7.12 Å². The summed E-state index contributed by atoms with van der Waals surface area (Å²) in [6, 6.07) is 0. The van der Waals surface area contributed by atoms with Gasteiger partial charge < -0.3 is 14.8 Å². The quantitative estimate of drug-likeness (QED) is 0.444. The highest BCUT2D eigenvalue weighted by atomic mass is 16.4. The standard InChI is InChI=1S/C7H13BO3/c9-5-6-3-1-2-4-7(6)8(10)11/h5-7,10-11H,1-4H2. The highest BCUT2D eigenvalue weighted by molar-refractivity contribution is 6.43. The van der Waals surface area contributed by atoms with E-state index in [1.54, 1.807) is 0 Å². The van der Waals surface area contributed by atoms with Crippen molar-refractivity contribution in [2.75, 3.05) is 0 Å². The first-order valence-electron chi connectivity index (χ1n) is 4.07. The lowest BCUT2D eigenvalue weighted by molar-refractivity contribution is -0.112. The maximum absolute atomic E-state index is 10.5. The van der Waals surface area contributed by atoms with Crippen molar-refractivity contribution in [2.45, 2.75) is 31.5 Å². The largest absolute Gasteiger partial charge is 0.455 e. The molecule has 0 aromatic rings. The summed E-state index contributed by atoms with van der Waals surface area (Å²) in [5, 5.41) is 17.8. The molecule has 0 heterocycles. The minimum absolute atomic E-state index is 0.135. The van der Waals surface area contributed by atoms with E-state index in [2.05, 4.69) is 0 Å². The van der Waals surface area contributed by atoms with Gasteiger partial charge in [-0.1, -0.05) is 19.3 Å². The zero-order valence-corrected chi connectivity index (χ0v) is 6.44. The van der Waals surface area contributed by atoms with E-state index < -0.39 is 7.12 Å². The molecule has 3 nitrogen and oxygen atoms in total. The highest BCUT2D eigenvalue weighted by Crippen LogP contribution is 2.33. The molecule has 0 saturated heterocycles. The number of carbonyl (C=O) groups excluding carboxylic acids is 1. The molecule has 2 atom stereocenters. The molecule has 0 spiro atoms. The number of carbonyl (C=O) groups is 1. The van der Waals surface area contributed by atoms with Crippen LogP contribution in [-0.4, -0.2) is 23.5 Å². The molecule has 1 rings (SSSR count). The average Bonchev–Trinajstić information content (AvgIpc) is 2.04. The second-order valence-electron chi connectivity index (χ2n) is 3.16. The summed E-state index contributed by atoms with van der Waals surface area (Å²) in [6.07, 6.45) is 4.47. The van der Waals surface area contributed by atoms with Crippen LogP contribution in [0.2, 0.25) is 5.82 Å². The Labute approximate surface area is 66.6 Å². The Morgan fingerprint density at radius 1 is 1.27 bits per heavy atom. The molecular weight excluding hydrogens is 143 g/mol. The third kappa shape index (κ3) is 2.04. The van der Waals surface area contributed by atoms with Gasteiger partial charge in [0.15, 0.2) is 0 Å². The monoisotopic (exact) mass is 156 g/mol. The van der Waals surface area contributed by atoms with Crippen LogP contribution in [0.15, 0.2) is 0 Å². The van der Waals surface area contributed by atoms with Crippen LogP contribution in [0.1, 0.15) is 25.7 Å². The summed E-state index contributed by atoms with van der Waals surface area (Å²) in [5.41, 5.74) is 0. The SMILES string of the molecule is O=CC1CCCCC1B(O)O. The van der Waals surface area contributed by atoms with Crippen LogP contribution < -0.4 is 0 Å². The first-order chi connectivity index (χ1) is 5.25. The van der Waals surface area contributed by atoms with Crippen molar-refractivity contribution >= 4 is 13.4 Å². The fraction of sp³-hybridized carbons (Fsp3) is 0.857. The van der Waals surface area contributed by atoms with Gasteiger partial charge in [-0.05, 0) is 6.42 Å². The Morgan fingerprint density at radius 2 is 1.91 bits per heavy atom. The molecule has 11 heavy (non-hydrogen) atoms. The van der Waals surface area contributed by atoms with E-state index in [-0.39, 0.29) is 11.7 Å². The van der Waals surface area contributed by atoms with Gasteiger partial charge in [-0.3, -0.25) is 0 Å². The molecule has 1 fully saturated rings. The number of hydrogen-bond donors (Lipinski definition) is 2. The lowest BCUT2D eigenvalue weighted by atomic mass is 9.60. The fourth-order valence-electron chi connectivity index (χ4n) is 1.73. The second kappa shape index (κ2) is 3.88. The van der Waals surface area contributed by atoms with Crippen molar-refractivity contribution in [2.24, 2.45) is 5.92 Å². The van der Waals surface area contributed by atoms with Gasteiger partial charge in [-0.2, -0.15) is 0 Å². The number of hydrogen-bond acceptors (Lipinski definition) is 3. The molecule has 1 aliphatic carbocycles. The van der Waals surface area contributed by atoms with Crippen LogP contribution in [0.3, 0.4) is 0 Å². The first kappa shape index (κ1) is 8.75. The molecule has 1 aliphatic rings. The Bertz CT molecular complexity index is 138. The molecule has 1 saturated carbocycles. The molecule has 0 amide bonds. The summed E-state index contributed by atoms with van der Waals surface area (Å²) in [7, 11) is -1.31. The minimum atomic E-state index is -1.31. The van der Waals surface area contributed by atoms with Crippen LogP contribution in [0.4, 0.5) is 0 Å². The van der Waals surface area contributed by atoms with Gasteiger partial charge in [0.1, 0.15) is 6.29 Å². The van der Waals surface area contributed by atoms with E-state index in [1.165, 1.54) is 0 Å². The topological polar surface area (TPSA) is 57.5 Å². The summed E-state index contributed by atoms with van der Waals surface area (Å²) >= 11 is 0. The van der Waals surface area contributed by atoms with Gasteiger partial charge in [-0.25, -0.2) is 0 Å². The van der Waals surface area contributed by atoms with E-state index in [4.69, 9.17) is 10.0 Å². The third-order valence-corrected chi connectivity index (χ3v) is 2.43. The van der Waals surface area contributed by atoms with Crippen LogP contribution >= 0.6 is 0 Å². The van der Waals surface area contributed by atoms with E-state index in [1.807, 2.05) is 0 Å². The van der Waals surface area contributed by atoms with Crippen molar-refractivity contribution < 1.29 is 14.8 Å². The molecule has 0 aromatic heterocycles. The summed E-state index contributed by atoms with van der Waals surface area (Å²) in [6.45, 7) is 0. The predicted octanol–water partition coefficient (Wildman–Crippen LogP) is 0.219. The molecule has 0 bridgehead atoms. The van der Waals surface area contributed by atoms with Crippen LogP contribution in [0.5, 0.6) is 0 Å². The first-order valence-corrected chi connectivity index (χ1v) is 4.07. The second-order valence-corrected chi connectivity index (χ2v) is 3.16. The molecule has 2 N–H and O–H groups in total. The van der Waals surface area contributed by atoms with Crippen LogP contribution in [0.25, 0.3) is 0 Å². The lowest BCUT2D eigenvalue weighted by Gasteiger charge is -2.26. The van der Waals surface area contributed by atoms with Gasteiger partial charge in [-0.15, -0.1) is 0 Å². The van der Waals surface area contributed by atoms with E-state index in [0.717, 1.165) is 32.0 Å². The Kier molecular flexibility index (Phi) is 3.08. The maximum atomic E-state index is 10.5. The zero-order valence-electron chi connectivity index (χ0n) is 6.44. The lowest BCUT2D eigenvalue weighted by Crippen LogP contribution is -2.30. The van der Waals surface area contributed by atoms with Gasteiger partial charge in [0.05, 0.1) is 0 Å². The summed E-state index contributed by atoms with van der Waals surface area (Å²) in [4.78, 5) is 10.5. The predicted molar refractivity (Wildman–Crippen MR) is 42.0 cm³/mol. The van der Waals surface area contributed by atoms with Crippen molar-refractivity contribution in [1.29, 1.82) is 0 Å². The van der Waals surface area contributed by atoms with E-state index >= 15 is 0 Å². The smallest absolute Gasteiger partial charge is 0.427 e. The third-order valence-electron chi connectivity index (χ3n) is 2.43. The summed E-state index contributed by atoms with van der Waals surface area (Å²) in [5.74, 6) is -0.356. The summed E-state index contributed by atoms with van der Waals surface area (Å²) < 4.78 is 0. The molecule has 0 aromatic carbocycles. The van der Waals surface area contributed by atoms with Crippen molar-refractivity contribution in [3.63, 3.8) is 0 Å². The van der Waals surface area contributed by atoms with Crippen LogP contribution in [-0.2, 0) is 4.79 Å². The molecule has 0 aliphatic heterocycles. The molecule has 2 unspecified atom stereocenters. The molecule has 62 valence electrons. The Balaban J connectivity index is 2.51. The minimum Gasteiger partial charge on any atom is -0.427 e. The Morgan fingerprint density at radius 3 is 2.36 bits per heavy atom. The average molecular weight is 156 g/mol. The normalized spacial score (nSPS) is 31.5. The van der Waals surface area contributed by atoms with Gasteiger partial charge in [0, 0.05) is 11.7 Å². The molecular formula is C7H13BO3. The van der Waals surface area contributed by atoms with E-state index in [9.17, 15) is 4.79 Å². The fourth-order valence-corrected chi connectivity index (χ4v) is 1.73. The van der Waals surface area contributed by atoms with Crippen molar-refractivity contribution in [1.82, 2.24) is 0 Å². The Hall–Kier alpha value is -0.345. The molecule has 4 heteroatoms. The van der Waals surface area contributed by atoms with Gasteiger partial charge in [0.25, 0.3) is 0 Å². The van der Waals surface area contributed by atoms with E-state index in [0.29, 0.717) is 0 Å². The highest BCUT2D eigenvalue weighted by Gasteiger charge is 2.33.